The lowest BCUT2D eigenvalue weighted by Gasteiger charge is -2.17. The Kier molecular flexibility index (Phi) is 14.2. The highest BCUT2D eigenvalue weighted by molar-refractivity contribution is 6.17. The Balaban J connectivity index is 0.000000196. The molecule has 0 N–H and O–H groups in total. The lowest BCUT2D eigenvalue weighted by atomic mass is 9.97. The summed E-state index contributed by atoms with van der Waals surface area (Å²) in [7, 11) is 0. The zero-order chi connectivity index (χ0) is 49.9. The van der Waals surface area contributed by atoms with Crippen molar-refractivity contribution in [1.82, 2.24) is 9.13 Å². The molecule has 1 unspecified atom stereocenters. The van der Waals surface area contributed by atoms with E-state index < -0.39 is 17.7 Å². The first-order chi connectivity index (χ1) is 33.5. The Morgan fingerprint density at radius 3 is 1.63 bits per heavy atom. The number of aromatic nitrogens is 2. The minimum atomic E-state index is -0.592. The lowest BCUT2D eigenvalue weighted by Crippen LogP contribution is -2.25. The summed E-state index contributed by atoms with van der Waals surface area (Å²) in [6.07, 6.45) is -0.130. The number of ether oxygens (including phenoxy) is 3. The zero-order valence-corrected chi connectivity index (χ0v) is 40.9. The van der Waals surface area contributed by atoms with Crippen LogP contribution in [0.5, 0.6) is 5.75 Å². The summed E-state index contributed by atoms with van der Waals surface area (Å²) in [5.74, 6) is -0.868. The number of aryl methyl sites for hydroxylation is 3. The van der Waals surface area contributed by atoms with E-state index in [2.05, 4.69) is 33.3 Å². The van der Waals surface area contributed by atoms with Crippen LogP contribution in [0.3, 0.4) is 0 Å². The van der Waals surface area contributed by atoms with E-state index in [1.54, 1.807) is 13.8 Å². The van der Waals surface area contributed by atoms with Gasteiger partial charge in [0, 0.05) is 92.8 Å². The molecule has 2 aromatic heterocycles. The molecule has 1 atom stereocenters. The van der Waals surface area contributed by atoms with Crippen LogP contribution in [0, 0.1) is 6.92 Å². The van der Waals surface area contributed by atoms with Crippen molar-refractivity contribution in [2.24, 2.45) is 10.3 Å². The molecular formula is C57H56N4O9. The molecule has 358 valence electrons. The van der Waals surface area contributed by atoms with Crippen LogP contribution in [0.1, 0.15) is 104 Å². The standard InChI is InChI=1S/C32H34N2O6.C25H22N2O3/c1-7-34-29-13-9-22(20(3)33-40-21(4)35)15-28(29)27-11-8-23(16-30(27)34)31(36)26-12-10-24(14-19(26)2)37-17-25-18-38-32(5,6)39-25;1-4-27-23-12-10-19(16(2)26-30-17(3)28)14-21(23)22-15-20(11-13-24(22)27)25(29)18-8-6-5-7-9-18/h8-16,25H,7,17-18H2,1-6H3;5-15H,4H2,1-3H3/b33-20-;26-16+. The highest BCUT2D eigenvalue weighted by Crippen LogP contribution is 2.34. The molecule has 6 aromatic carbocycles. The Labute approximate surface area is 406 Å². The molecule has 13 nitrogen and oxygen atoms in total. The second kappa shape index (κ2) is 20.5. The van der Waals surface area contributed by atoms with E-state index in [1.807, 2.05) is 142 Å². The molecule has 0 spiro atoms. The van der Waals surface area contributed by atoms with Gasteiger partial charge in [-0.15, -0.1) is 0 Å². The second-order valence-corrected chi connectivity index (χ2v) is 17.7. The van der Waals surface area contributed by atoms with Gasteiger partial charge in [0.1, 0.15) is 18.5 Å². The fraction of sp³-hybridized carbons (Fsp3) is 0.263. The van der Waals surface area contributed by atoms with Crippen LogP contribution >= 0.6 is 0 Å². The number of rotatable bonds is 13. The van der Waals surface area contributed by atoms with Crippen molar-refractivity contribution < 1.29 is 43.1 Å². The predicted octanol–water partition coefficient (Wildman–Crippen LogP) is 11.5. The molecule has 0 amide bonds. The summed E-state index contributed by atoms with van der Waals surface area (Å²) in [6.45, 7) is 18.5. The normalized spacial score (nSPS) is 14.7. The topological polar surface area (TPSA) is 149 Å². The first-order valence-electron chi connectivity index (χ1n) is 23.3. The molecule has 13 heteroatoms. The molecule has 1 aliphatic rings. The van der Waals surface area contributed by atoms with E-state index in [-0.39, 0.29) is 17.7 Å². The number of oxime groups is 2. The van der Waals surface area contributed by atoms with Crippen LogP contribution in [-0.2, 0) is 41.8 Å². The second-order valence-electron chi connectivity index (χ2n) is 17.7. The van der Waals surface area contributed by atoms with Crippen LogP contribution in [-0.4, -0.2) is 69.2 Å². The van der Waals surface area contributed by atoms with Gasteiger partial charge in [-0.25, -0.2) is 9.59 Å². The van der Waals surface area contributed by atoms with Crippen molar-refractivity contribution in [3.05, 3.63) is 160 Å². The fourth-order valence-corrected chi connectivity index (χ4v) is 8.92. The van der Waals surface area contributed by atoms with Crippen molar-refractivity contribution in [3.8, 4) is 5.75 Å². The first kappa shape index (κ1) is 48.7. The summed E-state index contributed by atoms with van der Waals surface area (Å²) in [5.41, 5.74) is 10.5. The summed E-state index contributed by atoms with van der Waals surface area (Å²) in [4.78, 5) is 58.4. The van der Waals surface area contributed by atoms with E-state index in [1.165, 1.54) is 13.8 Å². The van der Waals surface area contributed by atoms with Gasteiger partial charge in [-0.3, -0.25) is 9.59 Å². The molecule has 0 bridgehead atoms. The number of carbonyl (C=O) groups excluding carboxylic acids is 4. The zero-order valence-electron chi connectivity index (χ0n) is 40.9. The van der Waals surface area contributed by atoms with Crippen LogP contribution in [0.2, 0.25) is 0 Å². The van der Waals surface area contributed by atoms with E-state index in [0.29, 0.717) is 52.6 Å². The van der Waals surface area contributed by atoms with Crippen LogP contribution in [0.15, 0.2) is 132 Å². The number of carbonyl (C=O) groups is 4. The first-order valence-corrected chi connectivity index (χ1v) is 23.3. The minimum absolute atomic E-state index is 0.00125. The number of hydrogen-bond acceptors (Lipinski definition) is 11. The van der Waals surface area contributed by atoms with Gasteiger partial charge < -0.3 is 33.0 Å². The van der Waals surface area contributed by atoms with Gasteiger partial charge in [-0.1, -0.05) is 64.9 Å². The molecule has 0 saturated carbocycles. The number of benzene rings is 6. The minimum Gasteiger partial charge on any atom is -0.491 e. The SMILES string of the molecule is CCn1c2ccc(/C(C)=N\OC(C)=O)cc2c2ccc(C(=O)c3ccc(OCC4COC(C)(C)O4)cc3C)cc21.CCn1c2ccc(C(=O)c3ccccc3)cc2c2cc(/C(C)=N/OC(C)=O)ccc21. The van der Waals surface area contributed by atoms with Crippen LogP contribution in [0.25, 0.3) is 43.6 Å². The van der Waals surface area contributed by atoms with Crippen molar-refractivity contribution >= 4 is 78.5 Å². The van der Waals surface area contributed by atoms with Gasteiger partial charge in [0.2, 0.25) is 0 Å². The van der Waals surface area contributed by atoms with Gasteiger partial charge in [-0.05, 0) is 132 Å². The molecule has 8 aromatic rings. The molecular weight excluding hydrogens is 885 g/mol. The number of ketones is 2. The van der Waals surface area contributed by atoms with Gasteiger partial charge in [0.05, 0.1) is 18.0 Å². The van der Waals surface area contributed by atoms with Crippen molar-refractivity contribution in [2.75, 3.05) is 13.2 Å². The average molecular weight is 941 g/mol. The van der Waals surface area contributed by atoms with Gasteiger partial charge in [0.25, 0.3) is 0 Å². The average Bonchev–Trinajstić information content (AvgIpc) is 4.00. The summed E-state index contributed by atoms with van der Waals surface area (Å²) in [6, 6.07) is 38.6. The highest BCUT2D eigenvalue weighted by atomic mass is 16.7. The Bertz CT molecular complexity index is 3400. The van der Waals surface area contributed by atoms with E-state index in [9.17, 15) is 19.2 Å². The maximum absolute atomic E-state index is 13.6. The smallest absolute Gasteiger partial charge is 0.331 e. The van der Waals surface area contributed by atoms with Gasteiger partial charge >= 0.3 is 11.9 Å². The maximum Gasteiger partial charge on any atom is 0.331 e. The van der Waals surface area contributed by atoms with Crippen LogP contribution in [0.4, 0.5) is 0 Å². The Morgan fingerprint density at radius 1 is 0.586 bits per heavy atom. The third kappa shape index (κ3) is 10.3. The van der Waals surface area contributed by atoms with Crippen molar-refractivity contribution in [3.63, 3.8) is 0 Å². The fourth-order valence-electron chi connectivity index (χ4n) is 8.92. The molecule has 1 aliphatic heterocycles. The third-order valence-electron chi connectivity index (χ3n) is 12.3. The number of fused-ring (bicyclic) bond motifs is 6. The lowest BCUT2D eigenvalue weighted by molar-refractivity contribution is -0.141. The molecule has 1 saturated heterocycles. The third-order valence-corrected chi connectivity index (χ3v) is 12.3. The van der Waals surface area contributed by atoms with Crippen molar-refractivity contribution in [1.29, 1.82) is 0 Å². The molecule has 70 heavy (non-hydrogen) atoms. The van der Waals surface area contributed by atoms with Crippen molar-refractivity contribution in [2.45, 2.75) is 87.3 Å². The van der Waals surface area contributed by atoms with Gasteiger partial charge in [0.15, 0.2) is 17.4 Å². The largest absolute Gasteiger partial charge is 0.491 e. The highest BCUT2D eigenvalue weighted by Gasteiger charge is 2.33. The van der Waals surface area contributed by atoms with Gasteiger partial charge in [-0.2, -0.15) is 0 Å². The quantitative estimate of drug-likeness (QED) is 0.0476. The van der Waals surface area contributed by atoms with E-state index in [4.69, 9.17) is 23.9 Å². The maximum atomic E-state index is 13.6. The Morgan fingerprint density at radius 2 is 1.10 bits per heavy atom. The molecule has 1 fully saturated rings. The summed E-state index contributed by atoms with van der Waals surface area (Å²) in [5, 5.41) is 12.0. The Hall–Kier alpha value is -7.74. The monoisotopic (exact) mass is 940 g/mol. The molecule has 0 radical (unpaired) electrons. The summed E-state index contributed by atoms with van der Waals surface area (Å²) < 4.78 is 21.8. The van der Waals surface area contributed by atoms with Crippen LogP contribution < -0.4 is 4.74 Å². The predicted molar refractivity (Wildman–Crippen MR) is 273 cm³/mol. The van der Waals surface area contributed by atoms with E-state index in [0.717, 1.165) is 73.4 Å². The molecule has 9 rings (SSSR count). The number of nitrogens with zero attached hydrogens (tertiary/aromatic N) is 4. The summed E-state index contributed by atoms with van der Waals surface area (Å²) >= 11 is 0. The molecule has 0 aliphatic carbocycles. The number of hydrogen-bond donors (Lipinski definition) is 0. The van der Waals surface area contributed by atoms with E-state index >= 15 is 0 Å². The molecule has 3 heterocycles.